The van der Waals surface area contributed by atoms with Crippen LogP contribution in [0.1, 0.15) is 60.8 Å². The monoisotopic (exact) mass is 1540 g/mol. The molecule has 3 aliphatic rings. The lowest BCUT2D eigenvalue weighted by Crippen LogP contribution is -2.43. The lowest BCUT2D eigenvalue weighted by molar-refractivity contribution is -0.00262. The number of nitrogens with two attached hydrogens (primary N) is 1. The van der Waals surface area contributed by atoms with E-state index in [0.717, 1.165) is 43.8 Å². The van der Waals surface area contributed by atoms with Crippen molar-refractivity contribution in [3.8, 4) is 34.2 Å². The molecule has 0 saturated carbocycles. The number of amides is 2. The molecule has 3 fully saturated rings. The first-order valence-electron chi connectivity index (χ1n) is 30.1. The predicted molar refractivity (Wildman–Crippen MR) is 372 cm³/mol. The number of nitrogens with one attached hydrogen (secondary N) is 3. The third kappa shape index (κ3) is 23.4. The smallest absolute Gasteiger partial charge is 0.410 e. The third-order valence-electron chi connectivity index (χ3n) is 13.6. The summed E-state index contributed by atoms with van der Waals surface area (Å²) in [6.07, 6.45) is 12.0. The number of alkyl halides is 9. The van der Waals surface area contributed by atoms with Crippen LogP contribution in [0, 0.1) is 0 Å². The van der Waals surface area contributed by atoms with Crippen LogP contribution in [0.3, 0.4) is 0 Å². The Morgan fingerprint density at radius 1 is 0.583 bits per heavy atom. The number of hydrogen-bond acceptors (Lipinski definition) is 17. The van der Waals surface area contributed by atoms with Gasteiger partial charge < -0.3 is 31.2 Å². The van der Waals surface area contributed by atoms with E-state index < -0.39 is 82.7 Å². The van der Waals surface area contributed by atoms with Gasteiger partial charge in [-0.3, -0.25) is 38.0 Å². The van der Waals surface area contributed by atoms with Crippen LogP contribution in [0.15, 0.2) is 129 Å². The van der Waals surface area contributed by atoms with Crippen LogP contribution in [-0.4, -0.2) is 176 Å². The highest BCUT2D eigenvalue weighted by Gasteiger charge is 2.43. The van der Waals surface area contributed by atoms with Gasteiger partial charge in [0.2, 0.25) is 0 Å². The van der Waals surface area contributed by atoms with Gasteiger partial charge in [0.1, 0.15) is 67.6 Å². The maximum atomic E-state index is 13.6. The molecule has 9 aromatic rings. The Kier molecular flexibility index (Phi) is 27.5. The molecule has 0 spiro atoms. The number of nitrogens with zero attached hydrogens (tertiary/aromatic N) is 14. The number of carbonyl (C=O) groups is 2. The van der Waals surface area contributed by atoms with Crippen molar-refractivity contribution in [2.24, 2.45) is 5.73 Å². The largest absolute Gasteiger partial charge is 0.444 e. The number of anilines is 2. The zero-order valence-corrected chi connectivity index (χ0v) is 60.0. The van der Waals surface area contributed by atoms with Crippen LogP contribution < -0.4 is 21.7 Å². The number of pyridine rings is 3. The van der Waals surface area contributed by atoms with Gasteiger partial charge in [-0.25, -0.2) is 65.8 Å². The molecular weight excluding hydrogens is 1470 g/mol. The average molecular weight is 1550 g/mol. The summed E-state index contributed by atoms with van der Waals surface area (Å²) in [5.41, 5.74) is 10.4. The zero-order chi connectivity index (χ0) is 70.2. The highest BCUT2D eigenvalue weighted by molar-refractivity contribution is 14.1. The Morgan fingerprint density at radius 2 is 0.969 bits per heavy atom. The van der Waals surface area contributed by atoms with Gasteiger partial charge in [-0.1, -0.05) is 84.2 Å². The first kappa shape index (κ1) is 76.4. The summed E-state index contributed by atoms with van der Waals surface area (Å²) in [5, 5.41) is 9.51. The van der Waals surface area contributed by atoms with E-state index in [4.69, 9.17) is 61.6 Å². The molecule has 22 nitrogen and oxygen atoms in total. The van der Waals surface area contributed by atoms with Gasteiger partial charge >= 0.3 is 12.2 Å². The number of likely N-dealkylation sites (tertiary alicyclic amines) is 2. The first-order chi connectivity index (χ1) is 45.2. The minimum absolute atomic E-state index is 0.0818. The molecule has 3 saturated heterocycles. The quantitative estimate of drug-likeness (QED) is 0.0326. The van der Waals surface area contributed by atoms with Crippen LogP contribution >= 0.6 is 68.2 Å². The van der Waals surface area contributed by atoms with E-state index in [1.165, 1.54) is 12.4 Å². The molecule has 0 aliphatic carbocycles. The number of aromatic nitrogens is 12. The minimum Gasteiger partial charge on any atom is -0.444 e. The Morgan fingerprint density at radius 3 is 1.35 bits per heavy atom. The fourth-order valence-corrected chi connectivity index (χ4v) is 9.99. The molecule has 0 unspecified atom stereocenters. The number of imidazole rings is 3. The number of rotatable bonds is 10. The molecule has 12 rings (SSSR count). The van der Waals surface area contributed by atoms with Crippen molar-refractivity contribution in [2.45, 2.75) is 151 Å². The highest BCUT2D eigenvalue weighted by Crippen LogP contribution is 2.30. The molecule has 0 radical (unpaired) electrons. The van der Waals surface area contributed by atoms with Gasteiger partial charge in [0.25, 0.3) is 19.3 Å². The molecule has 518 valence electrons. The van der Waals surface area contributed by atoms with Crippen LogP contribution in [0.5, 0.6) is 0 Å². The van der Waals surface area contributed by atoms with Gasteiger partial charge in [-0.15, -0.1) is 21.8 Å². The second kappa shape index (κ2) is 34.5. The fraction of sp³-hybridized carbons (Fsp3) is 0.435. The number of carbonyl (C=O) groups excluding carboxylic acids is 2. The SMILES string of the molecule is CC(C)(C)OC(=O)N1C[C@H](N)C[C@H]1C(F)F.CC(C)(C)OC(=O)N1C[C@H](Nc2cncc(-c3cnc4ccccn34)n2)C[C@H]1C(F)F.C[Si](C)(C)I.ClC(Cl)Cl.Clc1cncc(-c2cnc3ccccn23)n1.FC(F)[C@@H]1C[C@@H](Nc2cncc(-c3cnc4ccccn34)n2)CN1. The van der Waals surface area contributed by atoms with Crippen molar-refractivity contribution < 1.29 is 45.4 Å². The van der Waals surface area contributed by atoms with Crippen LogP contribution in [-0.2, 0) is 9.47 Å². The van der Waals surface area contributed by atoms with Crippen molar-refractivity contribution in [3.05, 3.63) is 134 Å². The minimum atomic E-state index is -2.67. The summed E-state index contributed by atoms with van der Waals surface area (Å²) < 4.78 is 93.3. The van der Waals surface area contributed by atoms with Crippen LogP contribution in [0.2, 0.25) is 24.8 Å². The molecule has 0 bridgehead atoms. The zero-order valence-electron chi connectivity index (χ0n) is 53.8. The molecule has 2 amide bonds. The summed E-state index contributed by atoms with van der Waals surface area (Å²) in [4.78, 5) is 64.9. The number of fused-ring (bicyclic) bond motifs is 3. The average Bonchev–Trinajstić information content (AvgIpc) is 1.66. The number of hydrogen-bond donors (Lipinski definition) is 4. The van der Waals surface area contributed by atoms with Crippen LogP contribution in [0.4, 0.5) is 47.6 Å². The predicted octanol–water partition coefficient (Wildman–Crippen LogP) is 14.3. The molecule has 0 aromatic carbocycles. The van der Waals surface area contributed by atoms with E-state index >= 15 is 0 Å². The molecule has 3 aliphatic heterocycles. The molecule has 12 heterocycles. The summed E-state index contributed by atoms with van der Waals surface area (Å²) in [7, 11) is 0. The van der Waals surface area contributed by atoms with Gasteiger partial charge in [-0.2, -0.15) is 0 Å². The second-order valence-electron chi connectivity index (χ2n) is 24.9. The van der Waals surface area contributed by atoms with E-state index in [0.29, 0.717) is 46.8 Å². The van der Waals surface area contributed by atoms with Gasteiger partial charge in [-0.05, 0) is 97.2 Å². The Labute approximate surface area is 585 Å². The van der Waals surface area contributed by atoms with E-state index in [1.807, 2.05) is 86.4 Å². The summed E-state index contributed by atoms with van der Waals surface area (Å²) in [6, 6.07) is 13.2. The highest BCUT2D eigenvalue weighted by atomic mass is 127. The second-order valence-corrected chi connectivity index (χ2v) is 41.1. The van der Waals surface area contributed by atoms with Crippen molar-refractivity contribution >= 4 is 115 Å². The molecule has 9 aromatic heterocycles. The van der Waals surface area contributed by atoms with Crippen molar-refractivity contribution in [1.29, 1.82) is 0 Å². The Balaban J connectivity index is 0.000000178. The van der Waals surface area contributed by atoms with Gasteiger partial charge in [0.15, 0.2) is 4.30 Å². The Hall–Kier alpha value is -6.94. The molecule has 96 heavy (non-hydrogen) atoms. The van der Waals surface area contributed by atoms with E-state index in [-0.39, 0.29) is 32.0 Å². The lowest BCUT2D eigenvalue weighted by atomic mass is 10.2. The van der Waals surface area contributed by atoms with Crippen molar-refractivity contribution in [3.63, 3.8) is 0 Å². The summed E-state index contributed by atoms with van der Waals surface area (Å²) in [6.45, 7) is 17.8. The number of ether oxygens (including phenoxy) is 2. The summed E-state index contributed by atoms with van der Waals surface area (Å²) in [5.74, 6) is 1.01. The normalized spacial score (nSPS) is 18.6. The lowest BCUT2D eigenvalue weighted by Gasteiger charge is -2.28. The molecule has 34 heteroatoms. The van der Waals surface area contributed by atoms with E-state index in [1.54, 1.807) is 84.9 Å². The maximum Gasteiger partial charge on any atom is 0.410 e. The van der Waals surface area contributed by atoms with Gasteiger partial charge in [0, 0.05) is 56.4 Å². The maximum absolute atomic E-state index is 13.6. The Bertz CT molecular complexity index is 3950. The molecular formula is C62H75Cl4F6IN18O4Si. The standard InChI is InChI=1S/C21H24F2N6O2.C16H16F2N6.C11H7ClN4.C10H18F2N2O2.C3H9ISi.CHCl3/c1-21(2,3)31-20(30)29-12-13(8-15(29)19(22)23)26-17-11-24-9-14(27-17)16-10-25-18-6-4-5-7-28(16)18;17-16(18)11-5-10(6-20-11)22-14-9-19-7-12(23-14)13-8-21-15-3-1-2-4-24(13)15;12-10-7-13-5-8(15-10)9-6-14-11-3-1-2-4-16(9)11;1-10(2,3)16-9(15)14-5-6(13)4-7(14)8(11)12;1-5(2,3)4;2-1(3)4/h4-7,9-11,13,15,19H,8,12H2,1-3H3,(H,26,27);1-4,7-11,16,20H,5-6H2,(H,22,23);1-7H;6-8H,4-5,13H2,1-3H3;1-3H3;1H/t13-,15+;10-,11+;;6-,7+;;/m11.1../s1. The first-order valence-corrected chi connectivity index (χ1v) is 38.4. The van der Waals surface area contributed by atoms with Crippen molar-refractivity contribution in [2.75, 3.05) is 30.3 Å². The van der Waals surface area contributed by atoms with E-state index in [9.17, 15) is 35.9 Å². The third-order valence-corrected chi connectivity index (χ3v) is 13.8. The van der Waals surface area contributed by atoms with Crippen LogP contribution in [0.25, 0.3) is 51.1 Å². The fourth-order valence-electron chi connectivity index (χ4n) is 9.85. The summed E-state index contributed by atoms with van der Waals surface area (Å²) >= 11 is 22.7. The van der Waals surface area contributed by atoms with E-state index in [2.05, 4.69) is 102 Å². The molecule has 6 atom stereocenters. The topological polar surface area (TPSA) is 250 Å². The van der Waals surface area contributed by atoms with Crippen molar-refractivity contribution in [1.82, 2.24) is 73.2 Å². The number of halogens is 11. The molecule has 5 N–H and O–H groups in total. The van der Waals surface area contributed by atoms with Gasteiger partial charge in [0.05, 0.1) is 91.0 Å².